The normalized spacial score (nSPS) is 19.4. The lowest BCUT2D eigenvalue weighted by atomic mass is 9.76. The van der Waals surface area contributed by atoms with Gasteiger partial charge in [0.25, 0.3) is 0 Å². The molecule has 1 unspecified atom stereocenters. The lowest BCUT2D eigenvalue weighted by Crippen LogP contribution is -2.25. The number of rotatable bonds is 4. The van der Waals surface area contributed by atoms with Crippen LogP contribution in [0.1, 0.15) is 54.0 Å². The van der Waals surface area contributed by atoms with E-state index in [0.717, 1.165) is 18.4 Å². The van der Waals surface area contributed by atoms with Crippen molar-refractivity contribution in [1.82, 2.24) is 10.6 Å². The smallest absolute Gasteiger partial charge is 0.217 e. The van der Waals surface area contributed by atoms with Crippen LogP contribution >= 0.6 is 23.2 Å². The fourth-order valence-electron chi connectivity index (χ4n) is 3.60. The van der Waals surface area contributed by atoms with Crippen molar-refractivity contribution in [2.45, 2.75) is 38.3 Å². The number of fused-ring (bicyclic) bond motifs is 1. The van der Waals surface area contributed by atoms with Crippen molar-refractivity contribution in [2.24, 2.45) is 0 Å². The number of halogens is 2. The van der Waals surface area contributed by atoms with Crippen molar-refractivity contribution >= 4 is 29.1 Å². The molecule has 3 nitrogen and oxygen atoms in total. The summed E-state index contributed by atoms with van der Waals surface area (Å²) in [7, 11) is 1.99. The predicted molar refractivity (Wildman–Crippen MR) is 103 cm³/mol. The summed E-state index contributed by atoms with van der Waals surface area (Å²) in [6.45, 7) is 2.09. The highest BCUT2D eigenvalue weighted by molar-refractivity contribution is 6.42. The molecule has 2 aromatic rings. The molecular weight excluding hydrogens is 355 g/mol. The Hall–Kier alpha value is -1.55. The summed E-state index contributed by atoms with van der Waals surface area (Å²) in [5, 5.41) is 7.46. The number of hydrogen-bond donors (Lipinski definition) is 2. The van der Waals surface area contributed by atoms with Gasteiger partial charge in [-0.15, -0.1) is 0 Å². The van der Waals surface area contributed by atoms with Crippen LogP contribution in [-0.4, -0.2) is 13.0 Å². The van der Waals surface area contributed by atoms with Gasteiger partial charge in [0.2, 0.25) is 5.91 Å². The van der Waals surface area contributed by atoms with Gasteiger partial charge < -0.3 is 10.6 Å². The minimum absolute atomic E-state index is 0.0171. The third kappa shape index (κ3) is 4.00. The molecule has 0 saturated carbocycles. The zero-order chi connectivity index (χ0) is 18.0. The van der Waals surface area contributed by atoms with Crippen LogP contribution in [-0.2, 0) is 11.3 Å². The van der Waals surface area contributed by atoms with E-state index in [4.69, 9.17) is 23.2 Å². The van der Waals surface area contributed by atoms with Crippen LogP contribution in [0.2, 0.25) is 10.0 Å². The number of amides is 1. The summed E-state index contributed by atoms with van der Waals surface area (Å²) < 4.78 is 0. The van der Waals surface area contributed by atoms with Gasteiger partial charge in [0, 0.05) is 25.4 Å². The van der Waals surface area contributed by atoms with Crippen LogP contribution in [0.15, 0.2) is 36.4 Å². The molecule has 0 fully saturated rings. The average molecular weight is 377 g/mol. The molecule has 3 rings (SSSR count). The molecule has 0 heterocycles. The first-order valence-electron chi connectivity index (χ1n) is 8.49. The molecule has 1 amide bonds. The highest BCUT2D eigenvalue weighted by atomic mass is 35.5. The zero-order valence-corrected chi connectivity index (χ0v) is 15.9. The minimum atomic E-state index is -0.0171. The van der Waals surface area contributed by atoms with E-state index in [1.54, 1.807) is 0 Å². The molecule has 0 spiro atoms. The number of hydrogen-bond acceptors (Lipinski definition) is 2. The maximum atomic E-state index is 11.2. The number of benzene rings is 2. The molecule has 2 atom stereocenters. The molecule has 0 aromatic heterocycles. The highest BCUT2D eigenvalue weighted by Gasteiger charge is 2.28. The summed E-state index contributed by atoms with van der Waals surface area (Å²) in [6, 6.07) is 12.7. The van der Waals surface area contributed by atoms with Crippen LogP contribution in [0.3, 0.4) is 0 Å². The molecule has 0 saturated heterocycles. The van der Waals surface area contributed by atoms with Gasteiger partial charge in [-0.2, -0.15) is 0 Å². The summed E-state index contributed by atoms with van der Waals surface area (Å²) in [5.41, 5.74) is 4.92. The van der Waals surface area contributed by atoms with Crippen LogP contribution in [0.4, 0.5) is 0 Å². The van der Waals surface area contributed by atoms with Crippen molar-refractivity contribution in [3.8, 4) is 0 Å². The highest BCUT2D eigenvalue weighted by Crippen LogP contribution is 2.42. The number of carbonyl (C=O) groups is 1. The lowest BCUT2D eigenvalue weighted by molar-refractivity contribution is -0.119. The monoisotopic (exact) mass is 376 g/mol. The Morgan fingerprint density at radius 1 is 1.08 bits per heavy atom. The SMILES string of the molecule is CN[C@H]1CCC(c2ccc(Cl)c(Cl)c2)c2ccc(CNC(C)=O)cc21. The van der Waals surface area contributed by atoms with Gasteiger partial charge in [0.15, 0.2) is 0 Å². The quantitative estimate of drug-likeness (QED) is 0.803. The molecule has 25 heavy (non-hydrogen) atoms. The predicted octanol–water partition coefficient (Wildman–Crippen LogP) is 4.82. The van der Waals surface area contributed by atoms with Crippen LogP contribution in [0.25, 0.3) is 0 Å². The van der Waals surface area contributed by atoms with Crippen LogP contribution in [0, 0.1) is 0 Å². The van der Waals surface area contributed by atoms with Crippen molar-refractivity contribution in [2.75, 3.05) is 7.05 Å². The molecule has 5 heteroatoms. The zero-order valence-electron chi connectivity index (χ0n) is 14.4. The van der Waals surface area contributed by atoms with E-state index in [1.165, 1.54) is 23.6 Å². The molecule has 2 aromatic carbocycles. The molecule has 0 radical (unpaired) electrons. The van der Waals surface area contributed by atoms with Gasteiger partial charge in [0.05, 0.1) is 10.0 Å². The second-order valence-corrected chi connectivity index (χ2v) is 7.33. The molecule has 132 valence electrons. The van der Waals surface area contributed by atoms with Crippen LogP contribution in [0.5, 0.6) is 0 Å². The Morgan fingerprint density at radius 3 is 2.56 bits per heavy atom. The van der Waals surface area contributed by atoms with Gasteiger partial charge in [-0.1, -0.05) is 47.5 Å². The van der Waals surface area contributed by atoms with Gasteiger partial charge >= 0.3 is 0 Å². The number of carbonyl (C=O) groups excluding carboxylic acids is 1. The van der Waals surface area contributed by atoms with Crippen molar-refractivity contribution in [3.05, 3.63) is 68.7 Å². The molecule has 0 aliphatic heterocycles. The fraction of sp³-hybridized carbons (Fsp3) is 0.350. The van der Waals surface area contributed by atoms with Gasteiger partial charge in [0.1, 0.15) is 0 Å². The number of nitrogens with one attached hydrogen (secondary N) is 2. The lowest BCUT2D eigenvalue weighted by Gasteiger charge is -2.32. The van der Waals surface area contributed by atoms with Crippen molar-refractivity contribution < 1.29 is 4.79 Å². The van der Waals surface area contributed by atoms with Gasteiger partial charge in [-0.3, -0.25) is 4.79 Å². The summed E-state index contributed by atoms with van der Waals surface area (Å²) in [5.74, 6) is 0.292. The molecule has 1 aliphatic carbocycles. The van der Waals surface area contributed by atoms with E-state index in [2.05, 4.69) is 34.9 Å². The Kier molecular flexibility index (Phi) is 5.67. The van der Waals surface area contributed by atoms with E-state index in [0.29, 0.717) is 28.5 Å². The Bertz CT molecular complexity index is 791. The molecule has 1 aliphatic rings. The second kappa shape index (κ2) is 7.77. The maximum absolute atomic E-state index is 11.2. The van der Waals surface area contributed by atoms with E-state index < -0.39 is 0 Å². The summed E-state index contributed by atoms with van der Waals surface area (Å²) in [4.78, 5) is 11.2. The Balaban J connectivity index is 1.97. The first-order valence-corrected chi connectivity index (χ1v) is 9.24. The maximum Gasteiger partial charge on any atom is 0.217 e. The Labute approximate surface area is 158 Å². The van der Waals surface area contributed by atoms with E-state index in [9.17, 15) is 4.79 Å². The largest absolute Gasteiger partial charge is 0.352 e. The van der Waals surface area contributed by atoms with E-state index in [-0.39, 0.29) is 5.91 Å². The Morgan fingerprint density at radius 2 is 1.88 bits per heavy atom. The third-order valence-corrected chi connectivity index (χ3v) is 5.62. The first-order chi connectivity index (χ1) is 12.0. The summed E-state index contributed by atoms with van der Waals surface area (Å²) >= 11 is 12.3. The fourth-order valence-corrected chi connectivity index (χ4v) is 3.91. The first kappa shape index (κ1) is 18.2. The van der Waals surface area contributed by atoms with Crippen LogP contribution < -0.4 is 10.6 Å². The average Bonchev–Trinajstić information content (AvgIpc) is 2.61. The van der Waals surface area contributed by atoms with Gasteiger partial charge in [-0.25, -0.2) is 0 Å². The molecular formula is C20H22Cl2N2O. The topological polar surface area (TPSA) is 41.1 Å². The minimum Gasteiger partial charge on any atom is -0.352 e. The second-order valence-electron chi connectivity index (χ2n) is 6.52. The van der Waals surface area contributed by atoms with Crippen molar-refractivity contribution in [3.63, 3.8) is 0 Å². The third-order valence-electron chi connectivity index (χ3n) is 4.88. The standard InChI is InChI=1S/C20H22Cl2N2O/c1-12(25)24-11-13-3-5-16-15(6-8-20(23-2)17(16)9-13)14-4-7-18(21)19(22)10-14/h3-5,7,9-10,15,20,23H,6,8,11H2,1-2H3,(H,24,25)/t15?,20-/m0/s1. The van der Waals surface area contributed by atoms with E-state index >= 15 is 0 Å². The molecule has 2 N–H and O–H groups in total. The summed E-state index contributed by atoms with van der Waals surface area (Å²) in [6.07, 6.45) is 2.11. The van der Waals surface area contributed by atoms with Gasteiger partial charge in [-0.05, 0) is 54.3 Å². The van der Waals surface area contributed by atoms with E-state index in [1.807, 2.05) is 19.2 Å². The molecule has 0 bridgehead atoms. The van der Waals surface area contributed by atoms with Crippen molar-refractivity contribution in [1.29, 1.82) is 0 Å².